The molecule has 4 rings (SSSR count). The van der Waals surface area contributed by atoms with E-state index in [0.717, 1.165) is 0 Å². The van der Waals surface area contributed by atoms with Crippen LogP contribution in [0.3, 0.4) is 0 Å². The van der Waals surface area contributed by atoms with Gasteiger partial charge in [-0.05, 0) is 55.5 Å². The van der Waals surface area contributed by atoms with Crippen molar-refractivity contribution in [2.24, 2.45) is 0 Å². The van der Waals surface area contributed by atoms with Gasteiger partial charge in [-0.2, -0.15) is 0 Å². The molecule has 0 heterocycles. The predicted molar refractivity (Wildman–Crippen MR) is 139 cm³/mol. The lowest BCUT2D eigenvalue weighted by Gasteiger charge is -2.27. The van der Waals surface area contributed by atoms with E-state index in [2.05, 4.69) is 121 Å². The quantitative estimate of drug-likeness (QED) is 0.402. The Labute approximate surface area is 208 Å². The first-order valence-corrected chi connectivity index (χ1v) is 12.7. The molecule has 0 unspecified atom stereocenters. The molecule has 0 bridgehead atoms. The van der Waals surface area contributed by atoms with Crippen LogP contribution in [0.1, 0.15) is 19.8 Å². The average Bonchev–Trinajstić information content (AvgIpc) is 2.86. The van der Waals surface area contributed by atoms with E-state index >= 15 is 0 Å². The third-order valence-electron chi connectivity index (χ3n) is 5.26. The zero-order chi connectivity index (χ0) is 23.5. The fourth-order valence-corrected chi connectivity index (χ4v) is 8.05. The normalized spacial score (nSPS) is 10.3. The number of carbonyl (C=O) groups is 2. The molecule has 4 aromatic carbocycles. The molecule has 5 heteroatoms. The summed E-state index contributed by atoms with van der Waals surface area (Å²) in [5.74, 6) is -0.993. The molecule has 1 N–H and O–H groups in total. The molecule has 0 atom stereocenters. The van der Waals surface area contributed by atoms with E-state index in [0.29, 0.717) is 0 Å². The molecule has 174 valence electrons. The summed E-state index contributed by atoms with van der Waals surface area (Å²) < 4.78 is 0. The largest absolute Gasteiger partial charge is 1.00 e. The molecule has 3 nitrogen and oxygen atoms in total. The molecule has 0 radical (unpaired) electrons. The van der Waals surface area contributed by atoms with E-state index in [1.165, 1.54) is 28.1 Å². The Balaban J connectivity index is 0.000000394. The van der Waals surface area contributed by atoms with Crippen molar-refractivity contribution in [3.05, 3.63) is 121 Å². The third kappa shape index (κ3) is 6.63. The number of aliphatic carboxylic acids is 1. The van der Waals surface area contributed by atoms with Crippen LogP contribution in [0.4, 0.5) is 0 Å². The molecule has 34 heavy (non-hydrogen) atoms. The van der Waals surface area contributed by atoms with Gasteiger partial charge >= 0.3 is 5.97 Å². The Bertz CT molecular complexity index is 974. The summed E-state index contributed by atoms with van der Waals surface area (Å²) >= 11 is 0. The highest BCUT2D eigenvalue weighted by Crippen LogP contribution is 2.53. The van der Waals surface area contributed by atoms with Crippen LogP contribution in [-0.2, 0) is 9.59 Å². The number of benzene rings is 4. The molecule has 4 aromatic rings. The standard InChI is InChI=1S/C24H20P.C5H8O3.ClH/c1-5-13-21(14-6-1)25(22-15-7-2-8-16-22,23-17-9-3-10-18-23)24-19-11-4-12-20-24;1-4(6)2-3-5(7)8;/h1-20H;2-3H2,1H3,(H,7,8);1H/q+1;;/p-1. The lowest BCUT2D eigenvalue weighted by atomic mass is 10.2. The van der Waals surface area contributed by atoms with Crippen LogP contribution in [0.15, 0.2) is 121 Å². The second kappa shape index (κ2) is 13.4. The highest BCUT2D eigenvalue weighted by molar-refractivity contribution is 8.01. The van der Waals surface area contributed by atoms with Crippen molar-refractivity contribution in [2.75, 3.05) is 0 Å². The van der Waals surface area contributed by atoms with Crippen molar-refractivity contribution in [3.8, 4) is 0 Å². The lowest BCUT2D eigenvalue weighted by molar-refractivity contribution is -0.138. The maximum atomic E-state index is 10.1. The van der Waals surface area contributed by atoms with Crippen molar-refractivity contribution in [1.82, 2.24) is 0 Å². The van der Waals surface area contributed by atoms with Crippen molar-refractivity contribution < 1.29 is 27.1 Å². The van der Waals surface area contributed by atoms with Crippen molar-refractivity contribution in [1.29, 1.82) is 0 Å². The summed E-state index contributed by atoms with van der Waals surface area (Å²) in [5, 5.41) is 13.6. The third-order valence-corrected chi connectivity index (χ3v) is 9.56. The summed E-state index contributed by atoms with van der Waals surface area (Å²) in [4.78, 5) is 19.8. The molecule has 0 aliphatic heterocycles. The van der Waals surface area contributed by atoms with Crippen LogP contribution in [-0.4, -0.2) is 16.9 Å². The Morgan fingerprint density at radius 1 is 0.559 bits per heavy atom. The van der Waals surface area contributed by atoms with Crippen LogP contribution in [0.5, 0.6) is 0 Å². The van der Waals surface area contributed by atoms with E-state index < -0.39 is 13.2 Å². The SMILES string of the molecule is CC(=O)CCC(=O)O.[Cl-].c1ccc([P+](c2ccccc2)(c2ccccc2)c2ccccc2)cc1. The molecule has 0 saturated carbocycles. The number of ketones is 1. The maximum absolute atomic E-state index is 10.1. The molecule has 0 spiro atoms. The van der Waals surface area contributed by atoms with E-state index in [1.807, 2.05) is 0 Å². The van der Waals surface area contributed by atoms with Crippen molar-refractivity contribution in [3.63, 3.8) is 0 Å². The maximum Gasteiger partial charge on any atom is 0.303 e. The van der Waals surface area contributed by atoms with Crippen LogP contribution in [0.2, 0.25) is 0 Å². The number of Topliss-reactive ketones (excluding diaryl/α,β-unsaturated/α-hetero) is 1. The van der Waals surface area contributed by atoms with Gasteiger partial charge in [0.05, 0.1) is 6.42 Å². The minimum atomic E-state index is -1.91. The second-order valence-corrected chi connectivity index (χ2v) is 11.0. The first-order chi connectivity index (χ1) is 16.0. The van der Waals surface area contributed by atoms with Gasteiger partial charge in [0.25, 0.3) is 0 Å². The first kappa shape index (κ1) is 27.0. The zero-order valence-electron chi connectivity index (χ0n) is 19.1. The Morgan fingerprint density at radius 3 is 1.00 bits per heavy atom. The molecular formula is C29H28ClO3P. The lowest BCUT2D eigenvalue weighted by Crippen LogP contribution is -3.00. The predicted octanol–water partition coefficient (Wildman–Crippen LogP) is 1.75. The number of carboxylic acid groups (broad SMARTS) is 1. The number of carbonyl (C=O) groups excluding carboxylic acids is 1. The molecular weight excluding hydrogens is 463 g/mol. The minimum Gasteiger partial charge on any atom is -1.00 e. The van der Waals surface area contributed by atoms with Gasteiger partial charge in [-0.25, -0.2) is 0 Å². The number of carboxylic acids is 1. The van der Waals surface area contributed by atoms with Gasteiger partial charge in [0, 0.05) is 6.42 Å². The summed E-state index contributed by atoms with van der Waals surface area (Å²) in [5.41, 5.74) is 0. The molecule has 0 aromatic heterocycles. The average molecular weight is 491 g/mol. The first-order valence-electron chi connectivity index (χ1n) is 10.9. The smallest absolute Gasteiger partial charge is 0.303 e. The van der Waals surface area contributed by atoms with Crippen LogP contribution in [0.25, 0.3) is 0 Å². The fraction of sp³-hybridized carbons (Fsp3) is 0.103. The number of halogens is 1. The molecule has 0 fully saturated rings. The van der Waals surface area contributed by atoms with E-state index in [1.54, 1.807) is 0 Å². The minimum absolute atomic E-state index is 0. The fourth-order valence-electron chi connectivity index (χ4n) is 3.78. The summed E-state index contributed by atoms with van der Waals surface area (Å²) in [7, 11) is -1.91. The van der Waals surface area contributed by atoms with Crippen molar-refractivity contribution in [2.45, 2.75) is 19.8 Å². The van der Waals surface area contributed by atoms with Crippen LogP contribution < -0.4 is 33.6 Å². The molecule has 0 aliphatic carbocycles. The van der Waals surface area contributed by atoms with Crippen LogP contribution in [0, 0.1) is 0 Å². The molecule has 0 aliphatic rings. The topological polar surface area (TPSA) is 54.4 Å². The summed E-state index contributed by atoms with van der Waals surface area (Å²) in [6, 6.07) is 43.8. The monoisotopic (exact) mass is 490 g/mol. The highest BCUT2D eigenvalue weighted by Gasteiger charge is 2.47. The zero-order valence-corrected chi connectivity index (χ0v) is 20.7. The Hall–Kier alpha value is -3.26. The van der Waals surface area contributed by atoms with Crippen molar-refractivity contribution >= 4 is 40.2 Å². The van der Waals surface area contributed by atoms with Gasteiger partial charge in [0.2, 0.25) is 0 Å². The second-order valence-electron chi connectivity index (χ2n) is 7.61. The van der Waals surface area contributed by atoms with Crippen LogP contribution >= 0.6 is 7.26 Å². The number of hydrogen-bond acceptors (Lipinski definition) is 2. The van der Waals surface area contributed by atoms with Gasteiger partial charge < -0.3 is 22.3 Å². The van der Waals surface area contributed by atoms with Gasteiger partial charge in [0.1, 0.15) is 34.3 Å². The van der Waals surface area contributed by atoms with Gasteiger partial charge in [0.15, 0.2) is 0 Å². The Morgan fingerprint density at radius 2 is 0.824 bits per heavy atom. The van der Waals surface area contributed by atoms with E-state index in [9.17, 15) is 9.59 Å². The van der Waals surface area contributed by atoms with Gasteiger partial charge in [-0.3, -0.25) is 4.79 Å². The summed E-state index contributed by atoms with van der Waals surface area (Å²) in [6.45, 7) is 1.38. The Kier molecular flexibility index (Phi) is 10.7. The van der Waals surface area contributed by atoms with E-state index in [-0.39, 0.29) is 31.0 Å². The van der Waals surface area contributed by atoms with Gasteiger partial charge in [-0.1, -0.05) is 72.8 Å². The summed E-state index contributed by atoms with van der Waals surface area (Å²) in [6.07, 6.45) is 0.102. The number of rotatable bonds is 7. The van der Waals surface area contributed by atoms with E-state index in [4.69, 9.17) is 5.11 Å². The van der Waals surface area contributed by atoms with Gasteiger partial charge in [-0.15, -0.1) is 0 Å². The molecule has 0 saturated heterocycles. The number of hydrogen-bond donors (Lipinski definition) is 1. The highest BCUT2D eigenvalue weighted by atomic mass is 35.5. The molecule has 0 amide bonds.